The topological polar surface area (TPSA) is 28.4 Å². The third kappa shape index (κ3) is 3.36. The van der Waals surface area contributed by atoms with Crippen molar-refractivity contribution in [2.24, 2.45) is 0 Å². The lowest BCUT2D eigenvalue weighted by molar-refractivity contribution is 0.0810. The minimum Gasteiger partial charge on any atom is -0.465 e. The third-order valence-electron chi connectivity index (χ3n) is 4.15. The van der Waals surface area contributed by atoms with Gasteiger partial charge >= 0.3 is 0 Å². The molecule has 1 atom stereocenters. The van der Waals surface area contributed by atoms with Gasteiger partial charge in [0, 0.05) is 24.7 Å². The van der Waals surface area contributed by atoms with Gasteiger partial charge in [-0.3, -0.25) is 4.90 Å². The Kier molecular flexibility index (Phi) is 3.87. The highest BCUT2D eigenvalue weighted by Crippen LogP contribution is 2.28. The summed E-state index contributed by atoms with van der Waals surface area (Å²) in [4.78, 5) is 2.52. The van der Waals surface area contributed by atoms with Crippen molar-refractivity contribution < 1.29 is 4.42 Å². The highest BCUT2D eigenvalue weighted by Gasteiger charge is 2.33. The smallest absolute Gasteiger partial charge is 0.118 e. The molecule has 1 N–H and O–H groups in total. The molecule has 1 saturated heterocycles. The van der Waals surface area contributed by atoms with Crippen LogP contribution in [-0.4, -0.2) is 23.5 Å². The molecule has 2 heterocycles. The predicted molar refractivity (Wildman–Crippen MR) is 85.1 cm³/mol. The lowest BCUT2D eigenvalue weighted by Gasteiger charge is -2.44. The second-order valence-electron chi connectivity index (χ2n) is 6.61. The second-order valence-corrected chi connectivity index (χ2v) is 6.61. The molecule has 3 rings (SSSR count). The zero-order chi connectivity index (χ0) is 14.9. The van der Waals surface area contributed by atoms with Gasteiger partial charge in [-0.25, -0.2) is 0 Å². The summed E-state index contributed by atoms with van der Waals surface area (Å²) in [6.45, 7) is 9.35. The minimum absolute atomic E-state index is 0.132. The molecule has 0 spiro atoms. The van der Waals surface area contributed by atoms with Crippen LogP contribution in [0.5, 0.6) is 0 Å². The molecule has 1 aromatic carbocycles. The molecule has 0 radical (unpaired) electrons. The van der Waals surface area contributed by atoms with Crippen molar-refractivity contribution in [1.82, 2.24) is 10.2 Å². The molecule has 1 fully saturated rings. The van der Waals surface area contributed by atoms with Crippen molar-refractivity contribution in [1.29, 1.82) is 0 Å². The summed E-state index contributed by atoms with van der Waals surface area (Å²) in [5.74, 6) is 2.03. The van der Waals surface area contributed by atoms with Crippen LogP contribution in [0.15, 0.2) is 46.9 Å². The Morgan fingerprint density at radius 1 is 1.19 bits per heavy atom. The highest BCUT2D eigenvalue weighted by molar-refractivity contribution is 5.21. The second kappa shape index (κ2) is 5.66. The molecule has 1 aliphatic heterocycles. The normalized spacial score (nSPS) is 22.3. The number of hydrogen-bond acceptors (Lipinski definition) is 3. The zero-order valence-corrected chi connectivity index (χ0v) is 13.1. The first-order valence-electron chi connectivity index (χ1n) is 7.63. The van der Waals surface area contributed by atoms with Gasteiger partial charge in [-0.05, 0) is 38.5 Å². The lowest BCUT2D eigenvalue weighted by atomic mass is 9.95. The van der Waals surface area contributed by atoms with Gasteiger partial charge in [0.15, 0.2) is 0 Å². The molecule has 21 heavy (non-hydrogen) atoms. The van der Waals surface area contributed by atoms with E-state index in [4.69, 9.17) is 4.42 Å². The SMILES string of the molecule is Cc1ccc(CN2CC(C)(C)NCC2c2ccccc2)o1. The van der Waals surface area contributed by atoms with Crippen LogP contribution < -0.4 is 5.32 Å². The van der Waals surface area contributed by atoms with E-state index in [1.165, 1.54) is 5.56 Å². The zero-order valence-electron chi connectivity index (χ0n) is 13.1. The van der Waals surface area contributed by atoms with Crippen molar-refractivity contribution in [2.45, 2.75) is 38.9 Å². The Bertz CT molecular complexity index is 588. The predicted octanol–water partition coefficient (Wildman–Crippen LogP) is 3.51. The van der Waals surface area contributed by atoms with Crippen molar-refractivity contribution in [2.75, 3.05) is 13.1 Å². The van der Waals surface area contributed by atoms with Crippen LogP contribution in [0.2, 0.25) is 0 Å². The first-order valence-corrected chi connectivity index (χ1v) is 7.63. The summed E-state index contributed by atoms with van der Waals surface area (Å²) in [6, 6.07) is 15.3. The number of piperazine rings is 1. The van der Waals surface area contributed by atoms with E-state index in [1.807, 2.05) is 13.0 Å². The Labute approximate surface area is 127 Å². The first-order chi connectivity index (χ1) is 10.0. The average Bonchev–Trinajstić information content (AvgIpc) is 2.84. The van der Waals surface area contributed by atoms with Gasteiger partial charge in [0.25, 0.3) is 0 Å². The first kappa shape index (κ1) is 14.4. The number of benzene rings is 1. The molecule has 0 aliphatic carbocycles. The summed E-state index contributed by atoms with van der Waals surface area (Å²) >= 11 is 0. The van der Waals surface area contributed by atoms with Crippen LogP contribution in [0.1, 0.15) is 37.0 Å². The highest BCUT2D eigenvalue weighted by atomic mass is 16.3. The van der Waals surface area contributed by atoms with Gasteiger partial charge in [0.05, 0.1) is 6.54 Å². The van der Waals surface area contributed by atoms with E-state index in [9.17, 15) is 0 Å². The average molecular weight is 284 g/mol. The van der Waals surface area contributed by atoms with Gasteiger partial charge in [-0.15, -0.1) is 0 Å². The monoisotopic (exact) mass is 284 g/mol. The van der Waals surface area contributed by atoms with Crippen LogP contribution in [0.4, 0.5) is 0 Å². The summed E-state index contributed by atoms with van der Waals surface area (Å²) in [7, 11) is 0. The van der Waals surface area contributed by atoms with E-state index in [-0.39, 0.29) is 5.54 Å². The third-order valence-corrected chi connectivity index (χ3v) is 4.15. The van der Waals surface area contributed by atoms with Crippen molar-refractivity contribution in [3.05, 3.63) is 59.5 Å². The van der Waals surface area contributed by atoms with E-state index in [0.29, 0.717) is 6.04 Å². The van der Waals surface area contributed by atoms with E-state index in [0.717, 1.165) is 31.2 Å². The van der Waals surface area contributed by atoms with Gasteiger partial charge in [-0.2, -0.15) is 0 Å². The van der Waals surface area contributed by atoms with Crippen LogP contribution in [0.3, 0.4) is 0 Å². The number of nitrogens with one attached hydrogen (secondary N) is 1. The molecule has 1 unspecified atom stereocenters. The Morgan fingerprint density at radius 2 is 1.95 bits per heavy atom. The fraction of sp³-hybridized carbons (Fsp3) is 0.444. The van der Waals surface area contributed by atoms with Gasteiger partial charge in [0.1, 0.15) is 11.5 Å². The summed E-state index contributed by atoms with van der Waals surface area (Å²) in [5, 5.41) is 3.66. The largest absolute Gasteiger partial charge is 0.465 e. The molecule has 3 nitrogen and oxygen atoms in total. The molecule has 0 saturated carbocycles. The Hall–Kier alpha value is -1.58. The van der Waals surface area contributed by atoms with Crippen molar-refractivity contribution in [3.63, 3.8) is 0 Å². The minimum atomic E-state index is 0.132. The maximum Gasteiger partial charge on any atom is 0.118 e. The van der Waals surface area contributed by atoms with Crippen LogP contribution in [0, 0.1) is 6.92 Å². The van der Waals surface area contributed by atoms with Crippen molar-refractivity contribution >= 4 is 0 Å². The van der Waals surface area contributed by atoms with Crippen LogP contribution in [0.25, 0.3) is 0 Å². The van der Waals surface area contributed by atoms with E-state index >= 15 is 0 Å². The Morgan fingerprint density at radius 3 is 2.62 bits per heavy atom. The number of nitrogens with zero attached hydrogens (tertiary/aromatic N) is 1. The van der Waals surface area contributed by atoms with E-state index < -0.39 is 0 Å². The van der Waals surface area contributed by atoms with E-state index in [1.54, 1.807) is 0 Å². The molecule has 2 aromatic rings. The lowest BCUT2D eigenvalue weighted by Crippen LogP contribution is -2.57. The molecule has 0 bridgehead atoms. The summed E-state index contributed by atoms with van der Waals surface area (Å²) < 4.78 is 5.78. The molecule has 3 heteroatoms. The molecule has 1 aliphatic rings. The summed E-state index contributed by atoms with van der Waals surface area (Å²) in [6.07, 6.45) is 0. The van der Waals surface area contributed by atoms with Crippen molar-refractivity contribution in [3.8, 4) is 0 Å². The fourth-order valence-corrected chi connectivity index (χ4v) is 3.12. The number of furan rings is 1. The molecular formula is C18H24N2O. The van der Waals surface area contributed by atoms with Crippen LogP contribution in [-0.2, 0) is 6.54 Å². The maximum atomic E-state index is 5.78. The summed E-state index contributed by atoms with van der Waals surface area (Å²) in [5.41, 5.74) is 1.50. The molecule has 112 valence electrons. The number of aryl methyl sites for hydroxylation is 1. The molecule has 0 amide bonds. The standard InChI is InChI=1S/C18H24N2O/c1-14-9-10-16(21-14)12-20-13-18(2,3)19-11-17(20)15-7-5-4-6-8-15/h4-10,17,19H,11-13H2,1-3H3. The van der Waals surface area contributed by atoms with E-state index in [2.05, 4.69) is 60.5 Å². The molecular weight excluding hydrogens is 260 g/mol. The maximum absolute atomic E-state index is 5.78. The fourth-order valence-electron chi connectivity index (χ4n) is 3.12. The number of rotatable bonds is 3. The number of hydrogen-bond donors (Lipinski definition) is 1. The van der Waals surface area contributed by atoms with Gasteiger partial charge in [0.2, 0.25) is 0 Å². The van der Waals surface area contributed by atoms with Crippen LogP contribution >= 0.6 is 0 Å². The Balaban J connectivity index is 1.83. The van der Waals surface area contributed by atoms with Gasteiger partial charge < -0.3 is 9.73 Å². The quantitative estimate of drug-likeness (QED) is 0.935. The van der Waals surface area contributed by atoms with Gasteiger partial charge in [-0.1, -0.05) is 30.3 Å². The molecule has 1 aromatic heterocycles.